The van der Waals surface area contributed by atoms with Crippen LogP contribution in [0.5, 0.6) is 0 Å². The van der Waals surface area contributed by atoms with Crippen LogP contribution in [0.2, 0.25) is 0 Å². The second kappa shape index (κ2) is 4.49. The zero-order chi connectivity index (χ0) is 10.8. The number of halogens is 2. The van der Waals surface area contributed by atoms with Gasteiger partial charge in [-0.25, -0.2) is 4.39 Å². The first-order valence-corrected chi connectivity index (χ1v) is 5.89. The third-order valence-corrected chi connectivity index (χ3v) is 3.29. The van der Waals surface area contributed by atoms with Crippen LogP contribution in [0, 0.1) is 12.7 Å². The molecule has 0 aromatic heterocycles. The molecule has 2 N–H and O–H groups in total. The Morgan fingerprint density at radius 3 is 3.00 bits per heavy atom. The Balaban J connectivity index is 2.16. The van der Waals surface area contributed by atoms with E-state index in [2.05, 4.69) is 26.6 Å². The zero-order valence-corrected chi connectivity index (χ0v) is 10.2. The highest BCUT2D eigenvalue weighted by molar-refractivity contribution is 9.10. The van der Waals surface area contributed by atoms with E-state index in [9.17, 15) is 4.39 Å². The van der Waals surface area contributed by atoms with Crippen molar-refractivity contribution in [3.8, 4) is 0 Å². The summed E-state index contributed by atoms with van der Waals surface area (Å²) in [6.07, 6.45) is 1.09. The molecule has 1 heterocycles. The van der Waals surface area contributed by atoms with Crippen LogP contribution in [0.15, 0.2) is 16.6 Å². The van der Waals surface area contributed by atoms with Crippen LogP contribution < -0.4 is 10.6 Å². The molecule has 1 fully saturated rings. The fourth-order valence-corrected chi connectivity index (χ4v) is 2.26. The fourth-order valence-electron chi connectivity index (χ4n) is 1.80. The van der Waals surface area contributed by atoms with Crippen LogP contribution in [0.3, 0.4) is 0 Å². The number of hydrogen-bond donors (Lipinski definition) is 2. The third-order valence-electron chi connectivity index (χ3n) is 2.69. The van der Waals surface area contributed by atoms with Crippen molar-refractivity contribution in [1.29, 1.82) is 0 Å². The first kappa shape index (κ1) is 10.9. The highest BCUT2D eigenvalue weighted by atomic mass is 79.9. The molecule has 1 unspecified atom stereocenters. The summed E-state index contributed by atoms with van der Waals surface area (Å²) >= 11 is 3.18. The molecule has 0 bridgehead atoms. The normalized spacial score (nSPS) is 20.6. The van der Waals surface area contributed by atoms with Gasteiger partial charge in [0.25, 0.3) is 0 Å². The minimum atomic E-state index is -0.214. The van der Waals surface area contributed by atoms with Crippen molar-refractivity contribution in [3.05, 3.63) is 28.0 Å². The van der Waals surface area contributed by atoms with Gasteiger partial charge in [-0.05, 0) is 53.5 Å². The van der Waals surface area contributed by atoms with Crippen molar-refractivity contribution in [2.45, 2.75) is 19.4 Å². The maximum atomic E-state index is 13.3. The van der Waals surface area contributed by atoms with E-state index in [-0.39, 0.29) is 5.82 Å². The number of rotatable bonds is 2. The lowest BCUT2D eigenvalue weighted by molar-refractivity contribution is 0.620. The van der Waals surface area contributed by atoms with Crippen LogP contribution in [0.25, 0.3) is 0 Å². The van der Waals surface area contributed by atoms with Crippen molar-refractivity contribution in [1.82, 2.24) is 5.32 Å². The molecule has 82 valence electrons. The molecule has 0 radical (unpaired) electrons. The minimum absolute atomic E-state index is 0.214. The van der Waals surface area contributed by atoms with Crippen LogP contribution in [-0.2, 0) is 0 Å². The lowest BCUT2D eigenvalue weighted by Gasteiger charge is -2.15. The van der Waals surface area contributed by atoms with Crippen LogP contribution in [0.4, 0.5) is 10.1 Å². The SMILES string of the molecule is Cc1cc(Br)c(F)cc1NC1CCNC1. The fraction of sp³-hybridized carbons (Fsp3) is 0.455. The smallest absolute Gasteiger partial charge is 0.139 e. The molecule has 2 rings (SSSR count). The summed E-state index contributed by atoms with van der Waals surface area (Å²) in [7, 11) is 0. The molecule has 1 aromatic rings. The Labute approximate surface area is 97.4 Å². The molecule has 4 heteroatoms. The van der Waals surface area contributed by atoms with Crippen LogP contribution in [-0.4, -0.2) is 19.1 Å². The van der Waals surface area contributed by atoms with Crippen molar-refractivity contribution in [2.24, 2.45) is 0 Å². The summed E-state index contributed by atoms with van der Waals surface area (Å²) in [5, 5.41) is 6.63. The predicted molar refractivity (Wildman–Crippen MR) is 63.7 cm³/mol. The van der Waals surface area contributed by atoms with E-state index in [1.165, 1.54) is 0 Å². The standard InChI is InChI=1S/C11H14BrFN2/c1-7-4-9(12)10(13)5-11(7)15-8-2-3-14-6-8/h4-5,8,14-15H,2-3,6H2,1H3. The number of benzene rings is 1. The summed E-state index contributed by atoms with van der Waals surface area (Å²) in [4.78, 5) is 0. The Bertz CT molecular complexity index is 362. The maximum Gasteiger partial charge on any atom is 0.139 e. The van der Waals surface area contributed by atoms with E-state index in [1.54, 1.807) is 12.1 Å². The first-order chi connectivity index (χ1) is 7.16. The summed E-state index contributed by atoms with van der Waals surface area (Å²) in [5.74, 6) is -0.214. The third kappa shape index (κ3) is 2.49. The van der Waals surface area contributed by atoms with E-state index >= 15 is 0 Å². The van der Waals surface area contributed by atoms with Crippen molar-refractivity contribution in [2.75, 3.05) is 18.4 Å². The van der Waals surface area contributed by atoms with Gasteiger partial charge in [-0.1, -0.05) is 0 Å². The maximum absolute atomic E-state index is 13.3. The van der Waals surface area contributed by atoms with Gasteiger partial charge in [-0.3, -0.25) is 0 Å². The molecule has 0 amide bonds. The number of nitrogens with one attached hydrogen (secondary N) is 2. The lowest BCUT2D eigenvalue weighted by atomic mass is 10.1. The molecule has 0 aliphatic carbocycles. The Kier molecular flexibility index (Phi) is 3.26. The van der Waals surface area contributed by atoms with Gasteiger partial charge in [0.15, 0.2) is 0 Å². The van der Waals surface area contributed by atoms with Crippen LogP contribution in [0.1, 0.15) is 12.0 Å². The highest BCUT2D eigenvalue weighted by Crippen LogP contribution is 2.24. The van der Waals surface area contributed by atoms with E-state index < -0.39 is 0 Å². The molecule has 1 atom stereocenters. The molecule has 1 aliphatic rings. The van der Waals surface area contributed by atoms with Gasteiger partial charge in [0.1, 0.15) is 5.82 Å². The average molecular weight is 273 g/mol. The first-order valence-electron chi connectivity index (χ1n) is 5.09. The molecule has 15 heavy (non-hydrogen) atoms. The molecule has 1 aromatic carbocycles. The molecule has 1 aliphatic heterocycles. The van der Waals surface area contributed by atoms with Crippen molar-refractivity contribution >= 4 is 21.6 Å². The lowest BCUT2D eigenvalue weighted by Crippen LogP contribution is -2.22. The summed E-state index contributed by atoms with van der Waals surface area (Å²) in [6, 6.07) is 3.78. The minimum Gasteiger partial charge on any atom is -0.381 e. The van der Waals surface area contributed by atoms with Gasteiger partial charge >= 0.3 is 0 Å². The van der Waals surface area contributed by atoms with Crippen molar-refractivity contribution < 1.29 is 4.39 Å². The number of anilines is 1. The van der Waals surface area contributed by atoms with Crippen molar-refractivity contribution in [3.63, 3.8) is 0 Å². The second-order valence-electron chi connectivity index (χ2n) is 3.92. The molecular weight excluding hydrogens is 259 g/mol. The van der Waals surface area contributed by atoms with E-state index in [1.807, 2.05) is 6.92 Å². The molecular formula is C11H14BrFN2. The molecule has 1 saturated heterocycles. The largest absolute Gasteiger partial charge is 0.381 e. The predicted octanol–water partition coefficient (Wildman–Crippen LogP) is 2.67. The Morgan fingerprint density at radius 2 is 2.33 bits per heavy atom. The van der Waals surface area contributed by atoms with E-state index in [0.29, 0.717) is 10.5 Å². The van der Waals surface area contributed by atoms with Crippen LogP contribution >= 0.6 is 15.9 Å². The van der Waals surface area contributed by atoms with Gasteiger partial charge in [-0.2, -0.15) is 0 Å². The zero-order valence-electron chi connectivity index (χ0n) is 8.61. The quantitative estimate of drug-likeness (QED) is 0.865. The molecule has 0 spiro atoms. The van der Waals surface area contributed by atoms with Gasteiger partial charge in [0, 0.05) is 18.3 Å². The van der Waals surface area contributed by atoms with Gasteiger partial charge in [0.2, 0.25) is 0 Å². The van der Waals surface area contributed by atoms with E-state index in [4.69, 9.17) is 0 Å². The Morgan fingerprint density at radius 1 is 1.53 bits per heavy atom. The van der Waals surface area contributed by atoms with Gasteiger partial charge in [0.05, 0.1) is 4.47 Å². The second-order valence-corrected chi connectivity index (χ2v) is 4.77. The average Bonchev–Trinajstić information content (AvgIpc) is 2.67. The molecule has 2 nitrogen and oxygen atoms in total. The number of aryl methyl sites for hydroxylation is 1. The molecule has 0 saturated carbocycles. The summed E-state index contributed by atoms with van der Waals surface area (Å²) < 4.78 is 13.9. The summed E-state index contributed by atoms with van der Waals surface area (Å²) in [6.45, 7) is 3.97. The highest BCUT2D eigenvalue weighted by Gasteiger charge is 2.15. The number of hydrogen-bond acceptors (Lipinski definition) is 2. The summed E-state index contributed by atoms with van der Waals surface area (Å²) in [5.41, 5.74) is 1.96. The van der Waals surface area contributed by atoms with Gasteiger partial charge in [-0.15, -0.1) is 0 Å². The monoisotopic (exact) mass is 272 g/mol. The van der Waals surface area contributed by atoms with E-state index in [0.717, 1.165) is 30.8 Å². The Hall–Kier alpha value is -0.610. The van der Waals surface area contributed by atoms with Gasteiger partial charge < -0.3 is 10.6 Å². The topological polar surface area (TPSA) is 24.1 Å².